The fourth-order valence-corrected chi connectivity index (χ4v) is 1.87. The highest BCUT2D eigenvalue weighted by Gasteiger charge is 2.15. The summed E-state index contributed by atoms with van der Waals surface area (Å²) < 4.78 is 0. The van der Waals surface area contributed by atoms with E-state index in [4.69, 9.17) is 0 Å². The normalized spacial score (nSPS) is 11.9. The van der Waals surface area contributed by atoms with Gasteiger partial charge in [-0.15, -0.1) is 0 Å². The number of rotatable bonds is 2. The first-order valence-corrected chi connectivity index (χ1v) is 6.74. The smallest absolute Gasteiger partial charge is 0.196 e. The number of phenolic OH excluding ortho intramolecular Hbond substituents is 2. The van der Waals surface area contributed by atoms with Gasteiger partial charge in [0.15, 0.2) is 17.3 Å². The molecule has 2 N–H and O–H groups in total. The Labute approximate surface area is 129 Å². The molecule has 0 bridgehead atoms. The van der Waals surface area contributed by atoms with E-state index in [9.17, 15) is 15.0 Å². The van der Waals surface area contributed by atoms with Crippen LogP contribution >= 0.6 is 0 Å². The Kier molecular flexibility index (Phi) is 4.94. The van der Waals surface area contributed by atoms with Crippen LogP contribution in [0.5, 0.6) is 11.5 Å². The molecule has 0 spiro atoms. The van der Waals surface area contributed by atoms with Crippen molar-refractivity contribution in [3.63, 3.8) is 0 Å². The molecule has 3 nitrogen and oxygen atoms in total. The van der Waals surface area contributed by atoms with Crippen LogP contribution in [-0.4, -0.2) is 16.0 Å². The lowest BCUT2D eigenvalue weighted by Crippen LogP contribution is -2.01. The number of ketones is 1. The summed E-state index contributed by atoms with van der Waals surface area (Å²) in [5.74, 6) is -0.980. The molecular weight excluding hydrogens is 276 g/mol. The maximum absolute atomic E-state index is 11.9. The molecule has 3 rings (SSSR count). The monoisotopic (exact) mass is 292 g/mol. The molecule has 0 saturated heterocycles. The summed E-state index contributed by atoms with van der Waals surface area (Å²) >= 11 is 0. The standard InChI is InChI=1S/C13H10O3.C6H6/c14-11-8-4-7-10(13(11)16)12(15)9-5-2-1-3-6-9;1-6-4-2-3-5-6/h1-8,14,16H;2-5H,1H2. The number of phenols is 2. The lowest BCUT2D eigenvalue weighted by atomic mass is 10.0. The van der Waals surface area contributed by atoms with Crippen LogP contribution in [0.2, 0.25) is 0 Å². The third-order valence-corrected chi connectivity index (χ3v) is 3.03. The zero-order chi connectivity index (χ0) is 15.9. The average Bonchev–Trinajstić information content (AvgIpc) is 3.02. The number of aromatic hydroxyl groups is 2. The van der Waals surface area contributed by atoms with Crippen molar-refractivity contribution in [1.82, 2.24) is 0 Å². The van der Waals surface area contributed by atoms with Crippen molar-refractivity contribution in [2.45, 2.75) is 0 Å². The first-order valence-electron chi connectivity index (χ1n) is 6.74. The summed E-state index contributed by atoms with van der Waals surface area (Å²) in [6.45, 7) is 3.68. The van der Waals surface area contributed by atoms with Gasteiger partial charge in [0.1, 0.15) is 0 Å². The molecule has 0 heterocycles. The van der Waals surface area contributed by atoms with Crippen LogP contribution in [-0.2, 0) is 0 Å². The Bertz CT molecular complexity index is 727. The Balaban J connectivity index is 0.000000246. The summed E-state index contributed by atoms with van der Waals surface area (Å²) in [6, 6.07) is 12.9. The lowest BCUT2D eigenvalue weighted by Gasteiger charge is -2.04. The van der Waals surface area contributed by atoms with Crippen LogP contribution in [0.4, 0.5) is 0 Å². The molecule has 3 heteroatoms. The van der Waals surface area contributed by atoms with Gasteiger partial charge in [-0.05, 0) is 17.7 Å². The first-order chi connectivity index (χ1) is 10.6. The highest BCUT2D eigenvalue weighted by Crippen LogP contribution is 2.29. The average molecular weight is 292 g/mol. The predicted molar refractivity (Wildman–Crippen MR) is 87.1 cm³/mol. The van der Waals surface area contributed by atoms with Gasteiger partial charge in [0.2, 0.25) is 0 Å². The minimum Gasteiger partial charge on any atom is -0.504 e. The number of hydrogen-bond acceptors (Lipinski definition) is 3. The molecule has 0 fully saturated rings. The fraction of sp³-hybridized carbons (Fsp3) is 0. The zero-order valence-corrected chi connectivity index (χ0v) is 11.9. The Morgan fingerprint density at radius 3 is 2.05 bits per heavy atom. The van der Waals surface area contributed by atoms with Gasteiger partial charge in [-0.25, -0.2) is 0 Å². The van der Waals surface area contributed by atoms with Gasteiger partial charge in [0.05, 0.1) is 5.56 Å². The maximum Gasteiger partial charge on any atom is 0.196 e. The van der Waals surface area contributed by atoms with Crippen molar-refractivity contribution in [2.75, 3.05) is 0 Å². The molecule has 1 aliphatic carbocycles. The van der Waals surface area contributed by atoms with Crippen molar-refractivity contribution < 1.29 is 15.0 Å². The molecule has 1 aliphatic rings. The van der Waals surface area contributed by atoms with E-state index in [-0.39, 0.29) is 22.8 Å². The molecule has 0 radical (unpaired) electrons. The van der Waals surface area contributed by atoms with Crippen LogP contribution < -0.4 is 0 Å². The summed E-state index contributed by atoms with van der Waals surface area (Å²) in [7, 11) is 0. The summed E-state index contributed by atoms with van der Waals surface area (Å²) in [6.07, 6.45) is 7.89. The Morgan fingerprint density at radius 2 is 1.50 bits per heavy atom. The number of hydrogen-bond donors (Lipinski definition) is 2. The van der Waals surface area contributed by atoms with Crippen LogP contribution in [0.3, 0.4) is 0 Å². The number of benzene rings is 2. The Morgan fingerprint density at radius 1 is 0.864 bits per heavy atom. The maximum atomic E-state index is 11.9. The van der Waals surface area contributed by atoms with Crippen LogP contribution in [0, 0.1) is 0 Å². The highest BCUT2D eigenvalue weighted by molar-refractivity contribution is 6.11. The minimum absolute atomic E-state index is 0.103. The van der Waals surface area contributed by atoms with E-state index in [0.717, 1.165) is 5.57 Å². The van der Waals surface area contributed by atoms with Crippen molar-refractivity contribution in [2.24, 2.45) is 0 Å². The predicted octanol–water partition coefficient (Wildman–Crippen LogP) is 4.00. The van der Waals surface area contributed by atoms with Crippen molar-refractivity contribution >= 4 is 5.78 Å². The number of carbonyl (C=O) groups excluding carboxylic acids is 1. The molecule has 0 aliphatic heterocycles. The first kappa shape index (κ1) is 15.3. The SMILES string of the molecule is C=C1C=CC=C1.O=C(c1ccccc1)c1cccc(O)c1O. The topological polar surface area (TPSA) is 57.5 Å². The second-order valence-electron chi connectivity index (χ2n) is 4.66. The molecule has 0 saturated carbocycles. The molecule has 0 aromatic heterocycles. The zero-order valence-electron chi connectivity index (χ0n) is 11.9. The van der Waals surface area contributed by atoms with E-state index >= 15 is 0 Å². The summed E-state index contributed by atoms with van der Waals surface area (Å²) in [4.78, 5) is 11.9. The second kappa shape index (κ2) is 7.09. The number of para-hydroxylation sites is 1. The van der Waals surface area contributed by atoms with E-state index in [0.29, 0.717) is 5.56 Å². The van der Waals surface area contributed by atoms with E-state index in [1.807, 2.05) is 24.3 Å². The molecule has 2 aromatic rings. The van der Waals surface area contributed by atoms with Gasteiger partial charge in [-0.1, -0.05) is 67.3 Å². The van der Waals surface area contributed by atoms with Crippen molar-refractivity contribution in [1.29, 1.82) is 0 Å². The van der Waals surface area contributed by atoms with Crippen molar-refractivity contribution in [3.05, 3.63) is 96.1 Å². The number of allylic oxidation sites excluding steroid dienone is 5. The molecule has 0 unspecified atom stereocenters. The van der Waals surface area contributed by atoms with Crippen LogP contribution in [0.25, 0.3) is 0 Å². The fourth-order valence-electron chi connectivity index (χ4n) is 1.87. The van der Waals surface area contributed by atoms with Gasteiger partial charge < -0.3 is 10.2 Å². The summed E-state index contributed by atoms with van der Waals surface area (Å²) in [5.41, 5.74) is 1.67. The van der Waals surface area contributed by atoms with E-state index < -0.39 is 0 Å². The highest BCUT2D eigenvalue weighted by atomic mass is 16.3. The largest absolute Gasteiger partial charge is 0.504 e. The van der Waals surface area contributed by atoms with E-state index in [2.05, 4.69) is 6.58 Å². The quantitative estimate of drug-likeness (QED) is 0.650. The summed E-state index contributed by atoms with van der Waals surface area (Å²) in [5, 5.41) is 18.9. The Hall–Kier alpha value is -3.07. The van der Waals surface area contributed by atoms with Gasteiger partial charge in [-0.2, -0.15) is 0 Å². The third kappa shape index (κ3) is 3.73. The van der Waals surface area contributed by atoms with E-state index in [1.165, 1.54) is 18.2 Å². The van der Waals surface area contributed by atoms with Gasteiger partial charge in [0.25, 0.3) is 0 Å². The molecule has 0 atom stereocenters. The molecule has 2 aromatic carbocycles. The molecular formula is C19H16O3. The van der Waals surface area contributed by atoms with Crippen LogP contribution in [0.1, 0.15) is 15.9 Å². The lowest BCUT2D eigenvalue weighted by molar-refractivity contribution is 0.103. The molecule has 22 heavy (non-hydrogen) atoms. The molecule has 110 valence electrons. The van der Waals surface area contributed by atoms with Crippen molar-refractivity contribution in [3.8, 4) is 11.5 Å². The van der Waals surface area contributed by atoms with E-state index in [1.54, 1.807) is 30.3 Å². The van der Waals surface area contributed by atoms with Crippen LogP contribution in [0.15, 0.2) is 85.0 Å². The van der Waals surface area contributed by atoms with Gasteiger partial charge in [0, 0.05) is 5.56 Å². The minimum atomic E-state index is -0.378. The van der Waals surface area contributed by atoms with Gasteiger partial charge in [-0.3, -0.25) is 4.79 Å². The number of carbonyl (C=O) groups is 1. The third-order valence-electron chi connectivity index (χ3n) is 3.03. The second-order valence-corrected chi connectivity index (χ2v) is 4.66. The molecule has 0 amide bonds. The van der Waals surface area contributed by atoms with Gasteiger partial charge >= 0.3 is 0 Å².